The number of aromatic amines is 1. The molecule has 0 aliphatic carbocycles. The van der Waals surface area contributed by atoms with Crippen LogP contribution in [-0.2, 0) is 4.79 Å². The third-order valence-electron chi connectivity index (χ3n) is 8.61. The Morgan fingerprint density at radius 3 is 2.84 bits per heavy atom. The van der Waals surface area contributed by atoms with Crippen LogP contribution < -0.4 is 19.1 Å². The van der Waals surface area contributed by atoms with Crippen molar-refractivity contribution in [1.82, 2.24) is 30.0 Å². The van der Waals surface area contributed by atoms with Crippen LogP contribution in [0, 0.1) is 18.3 Å². The minimum absolute atomic E-state index is 0.0178. The molecule has 2 fully saturated rings. The molecule has 3 aliphatic heterocycles. The Hall–Kier alpha value is -4.44. The van der Waals surface area contributed by atoms with Gasteiger partial charge < -0.3 is 28.9 Å². The van der Waals surface area contributed by atoms with Crippen LogP contribution in [0.15, 0.2) is 30.7 Å². The van der Waals surface area contributed by atoms with Gasteiger partial charge in [0, 0.05) is 36.6 Å². The van der Waals surface area contributed by atoms with Gasteiger partial charge in [0.2, 0.25) is 5.75 Å². The Balaban J connectivity index is 1.36. The fraction of sp³-hybridized carbons (Fsp3) is 0.500. The lowest BCUT2D eigenvalue weighted by Gasteiger charge is -2.42. The molecule has 3 aliphatic rings. The molecule has 0 spiro atoms. The molecule has 2 aromatic heterocycles. The van der Waals surface area contributed by atoms with Gasteiger partial charge in [-0.2, -0.15) is 20.3 Å². The maximum Gasteiger partial charge on any atom is 0.322 e. The lowest BCUT2D eigenvalue weighted by Crippen LogP contribution is -2.55. The number of anilines is 1. The van der Waals surface area contributed by atoms with Crippen molar-refractivity contribution in [3.05, 3.63) is 41.9 Å². The zero-order valence-electron chi connectivity index (χ0n) is 24.5. The molecule has 1 N–H and O–H groups in total. The highest BCUT2D eigenvalue weighted by Gasteiger charge is 2.39. The van der Waals surface area contributed by atoms with Crippen molar-refractivity contribution < 1.29 is 23.4 Å². The highest BCUT2D eigenvalue weighted by atomic mass is 19.1. The van der Waals surface area contributed by atoms with Gasteiger partial charge in [-0.15, -0.1) is 0 Å². The average molecular weight is 591 g/mol. The number of H-pyrrole nitrogens is 1. The van der Waals surface area contributed by atoms with E-state index < -0.39 is 30.0 Å². The predicted octanol–water partition coefficient (Wildman–Crippen LogP) is 3.45. The number of nitriles is 1. The highest BCUT2D eigenvalue weighted by Crippen LogP contribution is 2.46. The smallest absolute Gasteiger partial charge is 0.322 e. The zero-order chi connectivity index (χ0) is 30.2. The number of carbonyl (C=O) groups is 1. The van der Waals surface area contributed by atoms with Crippen LogP contribution in [-0.4, -0.2) is 93.9 Å². The molecule has 12 nitrogen and oxygen atoms in total. The quantitative estimate of drug-likeness (QED) is 0.408. The summed E-state index contributed by atoms with van der Waals surface area (Å²) in [5.41, 5.74) is 2.87. The van der Waals surface area contributed by atoms with Gasteiger partial charge in [-0.1, -0.05) is 12.6 Å². The van der Waals surface area contributed by atoms with Gasteiger partial charge in [-0.3, -0.25) is 9.89 Å². The minimum Gasteiger partial charge on any atom is -0.478 e. The molecule has 3 aromatic rings. The topological polar surface area (TPSA) is 133 Å². The zero-order valence-corrected chi connectivity index (χ0v) is 24.5. The van der Waals surface area contributed by atoms with Crippen molar-refractivity contribution in [2.75, 3.05) is 44.7 Å². The summed E-state index contributed by atoms with van der Waals surface area (Å²) in [5.74, 6) is -0.818. The third-order valence-corrected chi connectivity index (χ3v) is 8.61. The SMILES string of the molecule is C=C(F)C(=O)N1CCN(c2nc(OC[C@@H]3CCCN3C)nc3c2O[C@H](C)C(c2c(C)ccc4[nH]ncc24)O3)C[C@@H]1CC#N. The number of piperazine rings is 1. The molecule has 43 heavy (non-hydrogen) atoms. The molecule has 5 heterocycles. The first-order chi connectivity index (χ1) is 20.7. The van der Waals surface area contributed by atoms with Gasteiger partial charge in [-0.25, -0.2) is 4.39 Å². The predicted molar refractivity (Wildman–Crippen MR) is 156 cm³/mol. The second kappa shape index (κ2) is 11.7. The third kappa shape index (κ3) is 5.43. The van der Waals surface area contributed by atoms with Gasteiger partial charge >= 0.3 is 6.01 Å². The van der Waals surface area contributed by atoms with Crippen LogP contribution >= 0.6 is 0 Å². The number of benzene rings is 1. The summed E-state index contributed by atoms with van der Waals surface area (Å²) < 4.78 is 33.1. The van der Waals surface area contributed by atoms with E-state index in [0.29, 0.717) is 24.7 Å². The van der Waals surface area contributed by atoms with Crippen LogP contribution in [0.25, 0.3) is 10.9 Å². The number of nitrogens with zero attached hydrogens (tertiary/aromatic N) is 7. The Bertz CT molecular complexity index is 1590. The molecule has 1 amide bonds. The number of halogens is 1. The standard InChI is InChI=1S/C30H35FN8O4/c1-17-7-8-23-22(14-33-36-23)24(17)25-19(3)42-26-27(38-12-13-39(29(40)18(2)31)20(15-38)9-10-32)34-30(35-28(26)43-25)41-16-21-6-5-11-37(21)4/h7-8,14,19-21,25H,2,5-6,9,11-13,15-16H2,1,3-4H3,(H,33,36)/t19-,20+,21+,25?/m1/s1. The molecule has 13 heteroatoms. The number of fused-ring (bicyclic) bond motifs is 2. The second-order valence-corrected chi connectivity index (χ2v) is 11.4. The second-order valence-electron chi connectivity index (χ2n) is 11.4. The van der Waals surface area contributed by atoms with Crippen molar-refractivity contribution >= 4 is 22.6 Å². The number of amides is 1. The van der Waals surface area contributed by atoms with E-state index in [9.17, 15) is 14.4 Å². The number of likely N-dealkylation sites (N-methyl/N-ethyl adjacent to an activating group) is 1. The number of ether oxygens (including phenoxy) is 3. The number of aryl methyl sites for hydroxylation is 1. The normalized spacial score (nSPS) is 23.8. The lowest BCUT2D eigenvalue weighted by molar-refractivity contribution is -0.131. The number of aromatic nitrogens is 4. The van der Waals surface area contributed by atoms with Gasteiger partial charge in [-0.05, 0) is 51.9 Å². The van der Waals surface area contributed by atoms with Crippen LogP contribution in [0.3, 0.4) is 0 Å². The number of hydrogen-bond acceptors (Lipinski definition) is 10. The molecular weight excluding hydrogens is 555 g/mol. The molecule has 0 bridgehead atoms. The molecular formula is C30H35FN8O4. The summed E-state index contributed by atoms with van der Waals surface area (Å²) in [5, 5.41) is 17.7. The van der Waals surface area contributed by atoms with E-state index >= 15 is 0 Å². The largest absolute Gasteiger partial charge is 0.478 e. The number of carbonyl (C=O) groups excluding carboxylic acids is 1. The van der Waals surface area contributed by atoms with Gasteiger partial charge in [0.15, 0.2) is 17.7 Å². The molecule has 4 atom stereocenters. The summed E-state index contributed by atoms with van der Waals surface area (Å²) in [4.78, 5) is 27.4. The monoisotopic (exact) mass is 590 g/mol. The lowest BCUT2D eigenvalue weighted by atomic mass is 9.95. The van der Waals surface area contributed by atoms with Crippen LogP contribution in [0.5, 0.6) is 17.6 Å². The van der Waals surface area contributed by atoms with E-state index in [1.165, 1.54) is 4.90 Å². The molecule has 2 saturated heterocycles. The van der Waals surface area contributed by atoms with Gasteiger partial charge in [0.1, 0.15) is 12.7 Å². The molecule has 1 unspecified atom stereocenters. The summed E-state index contributed by atoms with van der Waals surface area (Å²) in [6, 6.07) is 5.94. The van der Waals surface area contributed by atoms with Gasteiger partial charge in [0.25, 0.3) is 11.8 Å². The van der Waals surface area contributed by atoms with Crippen molar-refractivity contribution in [2.45, 2.75) is 57.4 Å². The molecule has 226 valence electrons. The first-order valence-corrected chi connectivity index (χ1v) is 14.5. The van der Waals surface area contributed by atoms with Crippen LogP contribution in [0.4, 0.5) is 10.2 Å². The number of hydrogen-bond donors (Lipinski definition) is 1. The summed E-state index contributed by atoms with van der Waals surface area (Å²) in [6.45, 7) is 9.26. The van der Waals surface area contributed by atoms with Crippen LogP contribution in [0.1, 0.15) is 43.4 Å². The van der Waals surface area contributed by atoms with Crippen molar-refractivity contribution in [3.63, 3.8) is 0 Å². The number of rotatable bonds is 7. The fourth-order valence-corrected chi connectivity index (χ4v) is 6.26. The van der Waals surface area contributed by atoms with E-state index in [1.807, 2.05) is 30.9 Å². The molecule has 6 rings (SSSR count). The Morgan fingerprint density at radius 1 is 1.26 bits per heavy atom. The van der Waals surface area contributed by atoms with Crippen molar-refractivity contribution in [1.29, 1.82) is 5.26 Å². The van der Waals surface area contributed by atoms with E-state index in [1.54, 1.807) is 6.20 Å². The maximum absolute atomic E-state index is 13.8. The fourth-order valence-electron chi connectivity index (χ4n) is 6.26. The first kappa shape index (κ1) is 28.7. The highest BCUT2D eigenvalue weighted by molar-refractivity contribution is 5.91. The van der Waals surface area contributed by atoms with E-state index in [0.717, 1.165) is 41.4 Å². The van der Waals surface area contributed by atoms with Crippen LogP contribution in [0.2, 0.25) is 0 Å². The Morgan fingerprint density at radius 2 is 2.09 bits per heavy atom. The molecule has 0 saturated carbocycles. The molecule has 0 radical (unpaired) electrons. The van der Waals surface area contributed by atoms with Gasteiger partial charge in [0.05, 0.1) is 30.2 Å². The average Bonchev–Trinajstić information content (AvgIpc) is 3.64. The number of nitrogens with one attached hydrogen (secondary N) is 1. The minimum atomic E-state index is -1.05. The van der Waals surface area contributed by atoms with Crippen molar-refractivity contribution in [2.24, 2.45) is 0 Å². The first-order valence-electron chi connectivity index (χ1n) is 14.5. The molecule has 1 aromatic carbocycles. The van der Waals surface area contributed by atoms with E-state index in [4.69, 9.17) is 19.2 Å². The number of likely N-dealkylation sites (tertiary alicyclic amines) is 1. The van der Waals surface area contributed by atoms with E-state index in [-0.39, 0.29) is 37.4 Å². The van der Waals surface area contributed by atoms with Crippen molar-refractivity contribution in [3.8, 4) is 23.7 Å². The Labute approximate surface area is 249 Å². The summed E-state index contributed by atoms with van der Waals surface area (Å²) >= 11 is 0. The summed E-state index contributed by atoms with van der Waals surface area (Å²) in [7, 11) is 2.07. The summed E-state index contributed by atoms with van der Waals surface area (Å²) in [6.07, 6.45) is 3.02. The Kier molecular flexibility index (Phi) is 7.79. The maximum atomic E-state index is 13.8. The van der Waals surface area contributed by atoms with E-state index in [2.05, 4.69) is 39.8 Å².